The monoisotopic (exact) mass is 276 g/mol. The van der Waals surface area contributed by atoms with Crippen LogP contribution in [0.5, 0.6) is 0 Å². The van der Waals surface area contributed by atoms with Gasteiger partial charge in [-0.3, -0.25) is 0 Å². The second kappa shape index (κ2) is 6.31. The van der Waals surface area contributed by atoms with Gasteiger partial charge in [-0.2, -0.15) is 18.7 Å². The molecule has 0 amide bonds. The van der Waals surface area contributed by atoms with E-state index in [2.05, 4.69) is 29.7 Å². The second-order valence-electron chi connectivity index (χ2n) is 3.20. The molecule has 0 saturated heterocycles. The van der Waals surface area contributed by atoms with Gasteiger partial charge in [0.2, 0.25) is 5.65 Å². The Kier molecular flexibility index (Phi) is 4.24. The van der Waals surface area contributed by atoms with Crippen molar-refractivity contribution < 1.29 is 8.42 Å². The van der Waals surface area contributed by atoms with Crippen molar-refractivity contribution in [1.29, 1.82) is 0 Å². The minimum Gasteiger partial charge on any atom is -0.242 e. The van der Waals surface area contributed by atoms with Crippen molar-refractivity contribution in [3.63, 3.8) is 0 Å². The molecule has 3 aromatic rings. The standard InChI is InChI=1S/C6H5NO2S.C4H3N5/c8-10(9)7-6-4-2-1-3-5-6;1-3-4(6-2-5-1)8-9-7-3/h1-5H;1-2H,(H,5,6,7,8,9). The number of benzene rings is 1. The number of aromatic nitrogens is 5. The molecule has 0 bridgehead atoms. The largest absolute Gasteiger partial charge is 0.316 e. The smallest absolute Gasteiger partial charge is 0.242 e. The van der Waals surface area contributed by atoms with Gasteiger partial charge in [0, 0.05) is 0 Å². The van der Waals surface area contributed by atoms with Gasteiger partial charge in [0.1, 0.15) is 11.8 Å². The lowest BCUT2D eigenvalue weighted by Crippen LogP contribution is -1.76. The zero-order valence-corrected chi connectivity index (χ0v) is 10.3. The van der Waals surface area contributed by atoms with Crippen molar-refractivity contribution in [2.45, 2.75) is 0 Å². The van der Waals surface area contributed by atoms with E-state index < -0.39 is 10.5 Å². The second-order valence-corrected chi connectivity index (χ2v) is 3.82. The zero-order valence-electron chi connectivity index (χ0n) is 9.50. The van der Waals surface area contributed by atoms with Crippen LogP contribution in [0.15, 0.2) is 47.2 Å². The Morgan fingerprint density at radius 3 is 2.58 bits per heavy atom. The Hall–Kier alpha value is -2.68. The van der Waals surface area contributed by atoms with Crippen LogP contribution in [0, 0.1) is 0 Å². The molecule has 0 unspecified atom stereocenters. The molecule has 0 saturated carbocycles. The fourth-order valence-electron chi connectivity index (χ4n) is 1.18. The third-order valence-corrected chi connectivity index (χ3v) is 2.29. The number of fused-ring (bicyclic) bond motifs is 1. The molecule has 0 aliphatic carbocycles. The van der Waals surface area contributed by atoms with Crippen LogP contribution in [0.1, 0.15) is 0 Å². The molecule has 19 heavy (non-hydrogen) atoms. The number of hydrogen-bond acceptors (Lipinski definition) is 7. The lowest BCUT2D eigenvalue weighted by Gasteiger charge is -1.83. The van der Waals surface area contributed by atoms with E-state index in [0.29, 0.717) is 16.9 Å². The van der Waals surface area contributed by atoms with Gasteiger partial charge in [-0.25, -0.2) is 9.97 Å². The molecular weight excluding hydrogens is 268 g/mol. The summed E-state index contributed by atoms with van der Waals surface area (Å²) in [7, 11) is -2.34. The Labute approximate surface area is 109 Å². The van der Waals surface area contributed by atoms with E-state index >= 15 is 0 Å². The Balaban J connectivity index is 0.000000141. The highest BCUT2D eigenvalue weighted by atomic mass is 32.2. The van der Waals surface area contributed by atoms with E-state index in [9.17, 15) is 8.42 Å². The Bertz CT molecular complexity index is 746. The van der Waals surface area contributed by atoms with E-state index in [1.807, 2.05) is 0 Å². The Morgan fingerprint density at radius 2 is 1.89 bits per heavy atom. The number of rotatable bonds is 1. The van der Waals surface area contributed by atoms with Crippen molar-refractivity contribution in [3.05, 3.63) is 42.9 Å². The zero-order chi connectivity index (χ0) is 13.5. The van der Waals surface area contributed by atoms with Crippen LogP contribution < -0.4 is 0 Å². The van der Waals surface area contributed by atoms with E-state index in [1.165, 1.54) is 6.33 Å². The highest BCUT2D eigenvalue weighted by molar-refractivity contribution is 7.61. The number of nitrogens with one attached hydrogen (secondary N) is 1. The third kappa shape index (κ3) is 3.92. The fourth-order valence-corrected chi connectivity index (χ4v) is 1.48. The number of aromatic amines is 1. The summed E-state index contributed by atoms with van der Waals surface area (Å²) in [5.74, 6) is 0. The van der Waals surface area contributed by atoms with Crippen molar-refractivity contribution in [2.24, 2.45) is 4.36 Å². The maximum atomic E-state index is 10.0. The molecule has 96 valence electrons. The molecule has 1 N–H and O–H groups in total. The van der Waals surface area contributed by atoms with Gasteiger partial charge >= 0.3 is 10.5 Å². The minimum absolute atomic E-state index is 0.454. The first-order valence-electron chi connectivity index (χ1n) is 5.08. The quantitative estimate of drug-likeness (QED) is 0.712. The van der Waals surface area contributed by atoms with Crippen LogP contribution in [0.25, 0.3) is 11.2 Å². The lowest BCUT2D eigenvalue weighted by molar-refractivity contribution is 0.622. The minimum atomic E-state index is -2.34. The molecular formula is C10H8N6O2S. The van der Waals surface area contributed by atoms with E-state index in [0.717, 1.165) is 0 Å². The predicted octanol–water partition coefficient (Wildman–Crippen LogP) is 1.13. The molecule has 2 aromatic heterocycles. The van der Waals surface area contributed by atoms with Crippen molar-refractivity contribution in [2.75, 3.05) is 0 Å². The molecule has 0 fully saturated rings. The van der Waals surface area contributed by atoms with Gasteiger partial charge in [0.15, 0.2) is 0 Å². The van der Waals surface area contributed by atoms with Crippen molar-refractivity contribution in [3.8, 4) is 0 Å². The van der Waals surface area contributed by atoms with Crippen LogP contribution >= 0.6 is 0 Å². The summed E-state index contributed by atoms with van der Waals surface area (Å²) in [6.07, 6.45) is 3.04. The summed E-state index contributed by atoms with van der Waals surface area (Å²) < 4.78 is 23.3. The van der Waals surface area contributed by atoms with Crippen LogP contribution in [0.3, 0.4) is 0 Å². The first kappa shape index (κ1) is 12.8. The molecule has 0 aliphatic rings. The van der Waals surface area contributed by atoms with Crippen LogP contribution in [0.4, 0.5) is 5.69 Å². The van der Waals surface area contributed by atoms with E-state index in [-0.39, 0.29) is 0 Å². The maximum Gasteiger partial charge on any atom is 0.316 e. The van der Waals surface area contributed by atoms with Crippen LogP contribution in [-0.4, -0.2) is 33.8 Å². The number of nitrogens with zero attached hydrogens (tertiary/aromatic N) is 5. The van der Waals surface area contributed by atoms with Crippen LogP contribution in [0.2, 0.25) is 0 Å². The average molecular weight is 276 g/mol. The van der Waals surface area contributed by atoms with Crippen LogP contribution in [-0.2, 0) is 10.5 Å². The van der Waals surface area contributed by atoms with Gasteiger partial charge in [-0.05, 0) is 12.1 Å². The van der Waals surface area contributed by atoms with Gasteiger partial charge in [0.25, 0.3) is 0 Å². The number of hydrogen-bond donors (Lipinski definition) is 1. The third-order valence-electron chi connectivity index (χ3n) is 1.94. The SMILES string of the molecule is O=S(=O)=Nc1ccccc1.c1ncc2n[nH]nc2n1. The van der Waals surface area contributed by atoms with E-state index in [1.54, 1.807) is 36.5 Å². The van der Waals surface area contributed by atoms with Gasteiger partial charge < -0.3 is 0 Å². The van der Waals surface area contributed by atoms with Gasteiger partial charge in [-0.1, -0.05) is 18.2 Å². The highest BCUT2D eigenvalue weighted by Gasteiger charge is 1.93. The van der Waals surface area contributed by atoms with Gasteiger partial charge in [-0.15, -0.1) is 9.46 Å². The first-order valence-corrected chi connectivity index (χ1v) is 6.11. The molecule has 0 atom stereocenters. The molecule has 2 heterocycles. The fraction of sp³-hybridized carbons (Fsp3) is 0. The molecule has 1 aromatic carbocycles. The highest BCUT2D eigenvalue weighted by Crippen LogP contribution is 2.08. The molecule has 0 aliphatic heterocycles. The summed E-state index contributed by atoms with van der Waals surface area (Å²) in [4.78, 5) is 7.58. The lowest BCUT2D eigenvalue weighted by atomic mass is 10.3. The topological polar surface area (TPSA) is 114 Å². The molecule has 8 nitrogen and oxygen atoms in total. The summed E-state index contributed by atoms with van der Waals surface area (Å²) in [6, 6.07) is 8.50. The summed E-state index contributed by atoms with van der Waals surface area (Å²) in [6.45, 7) is 0. The Morgan fingerprint density at radius 1 is 1.11 bits per heavy atom. The first-order chi connectivity index (χ1) is 9.25. The predicted molar refractivity (Wildman–Crippen MR) is 66.9 cm³/mol. The summed E-state index contributed by atoms with van der Waals surface area (Å²) in [5, 5.41) is 9.92. The number of H-pyrrole nitrogens is 1. The summed E-state index contributed by atoms with van der Waals surface area (Å²) in [5.41, 5.74) is 1.75. The molecule has 3 rings (SSSR count). The normalized spacial score (nSPS) is 9.47. The van der Waals surface area contributed by atoms with Crippen molar-refractivity contribution in [1.82, 2.24) is 25.4 Å². The summed E-state index contributed by atoms with van der Waals surface area (Å²) >= 11 is 0. The van der Waals surface area contributed by atoms with E-state index in [4.69, 9.17) is 0 Å². The molecule has 9 heteroatoms. The maximum absolute atomic E-state index is 10.0. The average Bonchev–Trinajstić information content (AvgIpc) is 2.88. The van der Waals surface area contributed by atoms with Gasteiger partial charge in [0.05, 0.1) is 11.9 Å². The molecule has 0 radical (unpaired) electrons. The molecule has 0 spiro atoms. The van der Waals surface area contributed by atoms with Crippen molar-refractivity contribution >= 4 is 27.4 Å².